The maximum absolute atomic E-state index is 11.2. The first kappa shape index (κ1) is 17.8. The molecule has 0 aromatic heterocycles. The van der Waals surface area contributed by atoms with Crippen molar-refractivity contribution in [3.8, 4) is 5.75 Å². The Kier molecular flexibility index (Phi) is 5.26. The van der Waals surface area contributed by atoms with E-state index in [0.717, 1.165) is 35.4 Å². The third kappa shape index (κ3) is 4.06. The van der Waals surface area contributed by atoms with Gasteiger partial charge in [-0.3, -0.25) is 4.79 Å². The van der Waals surface area contributed by atoms with E-state index < -0.39 is 5.97 Å². The number of nitrogens with zero attached hydrogens (tertiary/aromatic N) is 1. The quantitative estimate of drug-likeness (QED) is 0.868. The highest BCUT2D eigenvalue weighted by Gasteiger charge is 2.20. The molecular weight excluding hydrogens is 338 g/mol. The molecule has 27 heavy (non-hydrogen) atoms. The van der Waals surface area contributed by atoms with Crippen LogP contribution in [0.4, 0.5) is 0 Å². The lowest BCUT2D eigenvalue weighted by molar-refractivity contribution is -0.136. The first-order valence-corrected chi connectivity index (χ1v) is 9.69. The maximum atomic E-state index is 11.2. The smallest absolute Gasteiger partial charge is 0.307 e. The van der Waals surface area contributed by atoms with Gasteiger partial charge >= 0.3 is 5.97 Å². The van der Waals surface area contributed by atoms with Gasteiger partial charge in [-0.1, -0.05) is 36.4 Å². The molecule has 2 aliphatic rings. The SMILES string of the molecule is O=C(O)Cc1ccc2c(c1)/C(=C/CCN1CCCC1)c1ccccc1CO2. The van der Waals surface area contributed by atoms with Gasteiger partial charge in [-0.05, 0) is 66.7 Å². The number of hydrogen-bond acceptors (Lipinski definition) is 3. The highest BCUT2D eigenvalue weighted by atomic mass is 16.5. The molecule has 0 bridgehead atoms. The molecule has 1 fully saturated rings. The van der Waals surface area contributed by atoms with Crippen molar-refractivity contribution in [3.63, 3.8) is 0 Å². The summed E-state index contributed by atoms with van der Waals surface area (Å²) in [5.41, 5.74) is 5.31. The topological polar surface area (TPSA) is 49.8 Å². The number of likely N-dealkylation sites (tertiary alicyclic amines) is 1. The van der Waals surface area contributed by atoms with Gasteiger partial charge in [0.1, 0.15) is 12.4 Å². The second-order valence-electron chi connectivity index (χ2n) is 7.30. The first-order chi connectivity index (χ1) is 13.2. The highest BCUT2D eigenvalue weighted by Crippen LogP contribution is 2.37. The Morgan fingerprint density at radius 3 is 2.74 bits per heavy atom. The van der Waals surface area contributed by atoms with Gasteiger partial charge in [-0.15, -0.1) is 0 Å². The molecule has 0 unspecified atom stereocenters. The standard InChI is InChI=1S/C23H25NO3/c25-23(26)15-17-9-10-22-21(14-17)20(8-5-13-24-11-3-4-12-24)19-7-2-1-6-18(19)16-27-22/h1-2,6-10,14H,3-5,11-13,15-16H2,(H,25,26)/b20-8+. The fraction of sp³-hybridized carbons (Fsp3) is 0.348. The number of ether oxygens (including phenoxy) is 1. The Labute approximate surface area is 160 Å². The van der Waals surface area contributed by atoms with E-state index in [2.05, 4.69) is 29.2 Å². The van der Waals surface area contributed by atoms with Gasteiger partial charge in [-0.2, -0.15) is 0 Å². The van der Waals surface area contributed by atoms with Gasteiger partial charge in [-0.25, -0.2) is 0 Å². The Hall–Kier alpha value is -2.59. The summed E-state index contributed by atoms with van der Waals surface area (Å²) in [5, 5.41) is 9.16. The largest absolute Gasteiger partial charge is 0.488 e. The van der Waals surface area contributed by atoms with Crippen LogP contribution >= 0.6 is 0 Å². The van der Waals surface area contributed by atoms with Crippen LogP contribution < -0.4 is 4.74 Å². The molecular formula is C23H25NO3. The molecule has 1 N–H and O–H groups in total. The van der Waals surface area contributed by atoms with Crippen molar-refractivity contribution in [2.45, 2.75) is 32.3 Å². The van der Waals surface area contributed by atoms with Crippen molar-refractivity contribution in [1.82, 2.24) is 4.90 Å². The van der Waals surface area contributed by atoms with E-state index in [-0.39, 0.29) is 6.42 Å². The van der Waals surface area contributed by atoms with E-state index in [1.165, 1.54) is 37.1 Å². The predicted molar refractivity (Wildman–Crippen MR) is 106 cm³/mol. The lowest BCUT2D eigenvalue weighted by Crippen LogP contribution is -2.19. The second-order valence-corrected chi connectivity index (χ2v) is 7.30. The molecule has 0 atom stereocenters. The number of benzene rings is 2. The zero-order valence-electron chi connectivity index (χ0n) is 15.5. The highest BCUT2D eigenvalue weighted by molar-refractivity contribution is 5.85. The Balaban J connectivity index is 1.71. The molecule has 2 heterocycles. The van der Waals surface area contributed by atoms with Crippen LogP contribution in [0, 0.1) is 0 Å². The third-order valence-corrected chi connectivity index (χ3v) is 5.37. The van der Waals surface area contributed by atoms with E-state index >= 15 is 0 Å². The molecule has 2 aromatic carbocycles. The maximum Gasteiger partial charge on any atom is 0.307 e. The molecule has 2 aromatic rings. The van der Waals surface area contributed by atoms with Crippen molar-refractivity contribution >= 4 is 11.5 Å². The van der Waals surface area contributed by atoms with E-state index in [0.29, 0.717) is 6.61 Å². The van der Waals surface area contributed by atoms with Crippen LogP contribution in [0.3, 0.4) is 0 Å². The summed E-state index contributed by atoms with van der Waals surface area (Å²) in [6, 6.07) is 14.1. The van der Waals surface area contributed by atoms with E-state index in [9.17, 15) is 4.79 Å². The molecule has 2 aliphatic heterocycles. The summed E-state index contributed by atoms with van der Waals surface area (Å²) in [7, 11) is 0. The van der Waals surface area contributed by atoms with Crippen molar-refractivity contribution in [2.24, 2.45) is 0 Å². The summed E-state index contributed by atoms with van der Waals surface area (Å²) in [5.74, 6) is 0.0113. The number of aliphatic carboxylic acids is 1. The number of fused-ring (bicyclic) bond motifs is 2. The summed E-state index contributed by atoms with van der Waals surface area (Å²) in [4.78, 5) is 13.7. The average molecular weight is 363 g/mol. The van der Waals surface area contributed by atoms with Gasteiger partial charge in [0.2, 0.25) is 0 Å². The van der Waals surface area contributed by atoms with Crippen LogP contribution in [0.5, 0.6) is 5.75 Å². The van der Waals surface area contributed by atoms with Gasteiger partial charge in [0.15, 0.2) is 0 Å². The van der Waals surface area contributed by atoms with Crippen LogP contribution in [0.25, 0.3) is 5.57 Å². The molecule has 4 nitrogen and oxygen atoms in total. The fourth-order valence-corrected chi connectivity index (χ4v) is 4.03. The number of hydrogen-bond donors (Lipinski definition) is 1. The number of carboxylic acids is 1. The Bertz CT molecular complexity index is 866. The zero-order valence-corrected chi connectivity index (χ0v) is 15.5. The van der Waals surface area contributed by atoms with E-state index in [1.54, 1.807) is 0 Å². The van der Waals surface area contributed by atoms with Crippen molar-refractivity contribution in [2.75, 3.05) is 19.6 Å². The summed E-state index contributed by atoms with van der Waals surface area (Å²) >= 11 is 0. The summed E-state index contributed by atoms with van der Waals surface area (Å²) < 4.78 is 6.05. The van der Waals surface area contributed by atoms with Crippen LogP contribution in [-0.2, 0) is 17.8 Å². The Morgan fingerprint density at radius 1 is 1.11 bits per heavy atom. The monoisotopic (exact) mass is 363 g/mol. The van der Waals surface area contributed by atoms with Gasteiger partial charge < -0.3 is 14.7 Å². The molecule has 0 radical (unpaired) electrons. The summed E-state index contributed by atoms with van der Waals surface area (Å²) in [6.45, 7) is 3.99. The van der Waals surface area contributed by atoms with E-state index in [1.807, 2.05) is 24.3 Å². The third-order valence-electron chi connectivity index (χ3n) is 5.37. The molecule has 1 saturated heterocycles. The van der Waals surface area contributed by atoms with Crippen LogP contribution in [0.1, 0.15) is 41.5 Å². The van der Waals surface area contributed by atoms with E-state index in [4.69, 9.17) is 9.84 Å². The average Bonchev–Trinajstić information content (AvgIpc) is 3.12. The first-order valence-electron chi connectivity index (χ1n) is 9.69. The lowest BCUT2D eigenvalue weighted by Gasteiger charge is -2.15. The minimum absolute atomic E-state index is 0.0238. The molecule has 0 saturated carbocycles. The Morgan fingerprint density at radius 2 is 1.93 bits per heavy atom. The van der Waals surface area contributed by atoms with Crippen molar-refractivity contribution in [1.29, 1.82) is 0 Å². The molecule has 4 heteroatoms. The van der Waals surface area contributed by atoms with Gasteiger partial charge in [0.25, 0.3) is 0 Å². The molecule has 0 spiro atoms. The summed E-state index contributed by atoms with van der Waals surface area (Å²) in [6.07, 6.45) is 5.90. The lowest BCUT2D eigenvalue weighted by atomic mass is 9.92. The zero-order chi connectivity index (χ0) is 18.6. The molecule has 140 valence electrons. The number of carbonyl (C=O) groups is 1. The van der Waals surface area contributed by atoms with Gasteiger partial charge in [0, 0.05) is 12.1 Å². The van der Waals surface area contributed by atoms with Crippen LogP contribution in [-0.4, -0.2) is 35.6 Å². The molecule has 0 amide bonds. The minimum atomic E-state index is -0.815. The molecule has 0 aliphatic carbocycles. The minimum Gasteiger partial charge on any atom is -0.488 e. The number of carboxylic acid groups (broad SMARTS) is 1. The van der Waals surface area contributed by atoms with Crippen LogP contribution in [0.2, 0.25) is 0 Å². The van der Waals surface area contributed by atoms with Crippen LogP contribution in [0.15, 0.2) is 48.5 Å². The number of rotatable bonds is 5. The predicted octanol–water partition coefficient (Wildman–Crippen LogP) is 4.12. The normalized spacial score (nSPS) is 17.9. The fourth-order valence-electron chi connectivity index (χ4n) is 4.03. The van der Waals surface area contributed by atoms with Crippen molar-refractivity contribution in [3.05, 3.63) is 70.8 Å². The van der Waals surface area contributed by atoms with Crippen molar-refractivity contribution < 1.29 is 14.6 Å². The van der Waals surface area contributed by atoms with Gasteiger partial charge in [0.05, 0.1) is 6.42 Å². The second kappa shape index (κ2) is 7.97. The molecule has 4 rings (SSSR count).